The molecule has 0 radical (unpaired) electrons. The van der Waals surface area contributed by atoms with Crippen LogP contribution in [0.5, 0.6) is 0 Å². The van der Waals surface area contributed by atoms with Crippen molar-refractivity contribution in [2.24, 2.45) is 0 Å². The molecule has 0 N–H and O–H groups in total. The summed E-state index contributed by atoms with van der Waals surface area (Å²) in [5, 5.41) is 0. The van der Waals surface area contributed by atoms with Crippen molar-refractivity contribution in [2.45, 2.75) is 31.0 Å². The second-order valence-electron chi connectivity index (χ2n) is 4.06. The molecule has 0 aliphatic carbocycles. The lowest BCUT2D eigenvalue weighted by Crippen LogP contribution is -2.14. The first kappa shape index (κ1) is 10.9. The molecular formula is C10H11ClO3S. The fraction of sp³-hybridized carbons (Fsp3) is 0.400. The Morgan fingerprint density at radius 3 is 2.67 bits per heavy atom. The highest BCUT2D eigenvalue weighted by Crippen LogP contribution is 2.37. The van der Waals surface area contributed by atoms with Crippen LogP contribution in [0.25, 0.3) is 0 Å². The van der Waals surface area contributed by atoms with Gasteiger partial charge in [-0.05, 0) is 37.1 Å². The van der Waals surface area contributed by atoms with Gasteiger partial charge in [-0.25, -0.2) is 8.42 Å². The van der Waals surface area contributed by atoms with Gasteiger partial charge in [-0.1, -0.05) is 6.07 Å². The summed E-state index contributed by atoms with van der Waals surface area (Å²) in [5.41, 5.74) is 1.47. The van der Waals surface area contributed by atoms with Crippen molar-refractivity contribution in [3.63, 3.8) is 0 Å². The van der Waals surface area contributed by atoms with Gasteiger partial charge in [0.25, 0.3) is 9.05 Å². The molecule has 1 aliphatic rings. The molecule has 0 saturated heterocycles. The van der Waals surface area contributed by atoms with Gasteiger partial charge in [-0.3, -0.25) is 0 Å². The highest BCUT2D eigenvalue weighted by Gasteiger charge is 2.31. The zero-order valence-corrected chi connectivity index (χ0v) is 10.0. The quantitative estimate of drug-likeness (QED) is 0.715. The third kappa shape index (κ3) is 1.89. The molecule has 5 heteroatoms. The van der Waals surface area contributed by atoms with E-state index in [1.165, 1.54) is 6.07 Å². The Morgan fingerprint density at radius 2 is 2.07 bits per heavy atom. The van der Waals surface area contributed by atoms with Crippen molar-refractivity contribution in [3.05, 3.63) is 29.3 Å². The van der Waals surface area contributed by atoms with Crippen molar-refractivity contribution in [1.29, 1.82) is 0 Å². The molecule has 1 aromatic carbocycles. The lowest BCUT2D eigenvalue weighted by molar-refractivity contribution is -0.00795. The lowest BCUT2D eigenvalue weighted by atomic mass is 9.96. The van der Waals surface area contributed by atoms with Crippen molar-refractivity contribution in [2.75, 3.05) is 0 Å². The maximum absolute atomic E-state index is 11.2. The van der Waals surface area contributed by atoms with E-state index in [-0.39, 0.29) is 4.90 Å². The Kier molecular flexibility index (Phi) is 2.33. The van der Waals surface area contributed by atoms with Crippen LogP contribution in [0.3, 0.4) is 0 Å². The predicted octanol–water partition coefficient (Wildman–Crippen LogP) is 2.38. The second-order valence-corrected chi connectivity index (χ2v) is 6.62. The van der Waals surface area contributed by atoms with E-state index in [0.717, 1.165) is 11.1 Å². The fourth-order valence-corrected chi connectivity index (χ4v) is 2.51. The maximum atomic E-state index is 11.2. The summed E-state index contributed by atoms with van der Waals surface area (Å²) in [6, 6.07) is 4.84. The van der Waals surface area contributed by atoms with Gasteiger partial charge >= 0.3 is 0 Å². The summed E-state index contributed by atoms with van der Waals surface area (Å²) in [7, 11) is 1.63. The zero-order chi connectivity index (χ0) is 11.3. The van der Waals surface area contributed by atoms with Gasteiger partial charge in [0.05, 0.1) is 17.1 Å². The van der Waals surface area contributed by atoms with E-state index >= 15 is 0 Å². The molecular weight excluding hydrogens is 236 g/mol. The molecule has 0 saturated carbocycles. The number of benzene rings is 1. The Balaban J connectivity index is 2.61. The number of fused-ring (bicyclic) bond motifs is 1. The molecule has 15 heavy (non-hydrogen) atoms. The molecule has 0 bridgehead atoms. The molecule has 1 aromatic rings. The highest BCUT2D eigenvalue weighted by molar-refractivity contribution is 8.13. The molecule has 3 nitrogen and oxygen atoms in total. The van der Waals surface area contributed by atoms with Crippen molar-refractivity contribution in [3.8, 4) is 0 Å². The van der Waals surface area contributed by atoms with E-state index in [2.05, 4.69) is 0 Å². The summed E-state index contributed by atoms with van der Waals surface area (Å²) >= 11 is 0. The average Bonchev–Trinajstić information content (AvgIpc) is 2.41. The maximum Gasteiger partial charge on any atom is 0.261 e. The number of halogens is 1. The Hall–Kier alpha value is -0.580. The van der Waals surface area contributed by atoms with E-state index in [1.54, 1.807) is 12.1 Å². The Bertz CT molecular complexity index is 505. The summed E-state index contributed by atoms with van der Waals surface area (Å²) in [6.07, 6.45) is 0. The predicted molar refractivity (Wildman–Crippen MR) is 57.3 cm³/mol. The van der Waals surface area contributed by atoms with Gasteiger partial charge < -0.3 is 4.74 Å². The summed E-state index contributed by atoms with van der Waals surface area (Å²) in [5.74, 6) is 0. The minimum Gasteiger partial charge on any atom is -0.366 e. The van der Waals surface area contributed by atoms with Crippen molar-refractivity contribution in [1.82, 2.24) is 0 Å². The Morgan fingerprint density at radius 1 is 1.40 bits per heavy atom. The second kappa shape index (κ2) is 3.20. The van der Waals surface area contributed by atoms with Crippen LogP contribution >= 0.6 is 10.7 Å². The van der Waals surface area contributed by atoms with E-state index in [1.807, 2.05) is 13.8 Å². The van der Waals surface area contributed by atoms with E-state index in [4.69, 9.17) is 15.4 Å². The monoisotopic (exact) mass is 246 g/mol. The van der Waals surface area contributed by atoms with Gasteiger partial charge in [-0.15, -0.1) is 0 Å². The summed E-state index contributed by atoms with van der Waals surface area (Å²) < 4.78 is 27.9. The summed E-state index contributed by atoms with van der Waals surface area (Å²) in [6.45, 7) is 4.33. The average molecular weight is 247 g/mol. The highest BCUT2D eigenvalue weighted by atomic mass is 35.7. The first-order valence-electron chi connectivity index (χ1n) is 4.53. The third-order valence-electron chi connectivity index (χ3n) is 2.60. The number of ether oxygens (including phenoxy) is 1. The number of hydrogen-bond donors (Lipinski definition) is 0. The summed E-state index contributed by atoms with van der Waals surface area (Å²) in [4.78, 5) is 0.126. The molecule has 0 aromatic heterocycles. The van der Waals surface area contributed by atoms with Gasteiger partial charge in [-0.2, -0.15) is 0 Å². The topological polar surface area (TPSA) is 43.4 Å². The van der Waals surface area contributed by atoms with Crippen LogP contribution in [0.15, 0.2) is 23.1 Å². The molecule has 0 spiro atoms. The first-order valence-corrected chi connectivity index (χ1v) is 6.84. The fourth-order valence-electron chi connectivity index (χ4n) is 1.73. The van der Waals surface area contributed by atoms with Crippen LogP contribution in [-0.2, 0) is 26.0 Å². The SMILES string of the molecule is CC1(C)OCc2ccc(S(=O)(=O)Cl)cc21. The first-order chi connectivity index (χ1) is 6.81. The molecule has 1 aliphatic heterocycles. The number of rotatable bonds is 1. The molecule has 82 valence electrons. The molecule has 0 unspecified atom stereocenters. The van der Waals surface area contributed by atoms with Gasteiger partial charge in [0.2, 0.25) is 0 Å². The molecule has 0 atom stereocenters. The van der Waals surface area contributed by atoms with Gasteiger partial charge in [0.1, 0.15) is 0 Å². The van der Waals surface area contributed by atoms with E-state index < -0.39 is 14.7 Å². The van der Waals surface area contributed by atoms with Gasteiger partial charge in [0, 0.05) is 10.7 Å². The lowest BCUT2D eigenvalue weighted by Gasteiger charge is -2.18. The van der Waals surface area contributed by atoms with Gasteiger partial charge in [0.15, 0.2) is 0 Å². The normalized spacial score (nSPS) is 18.9. The minimum atomic E-state index is -3.66. The van der Waals surface area contributed by atoms with Crippen LogP contribution < -0.4 is 0 Å². The van der Waals surface area contributed by atoms with Crippen LogP contribution in [0.1, 0.15) is 25.0 Å². The standard InChI is InChI=1S/C10H11ClO3S/c1-10(2)9-5-8(15(11,12)13)4-3-7(9)6-14-10/h3-5H,6H2,1-2H3. The zero-order valence-electron chi connectivity index (χ0n) is 8.45. The molecule has 2 rings (SSSR count). The molecule has 0 amide bonds. The van der Waals surface area contributed by atoms with Crippen LogP contribution in [0.4, 0.5) is 0 Å². The van der Waals surface area contributed by atoms with Crippen molar-refractivity contribution >= 4 is 19.7 Å². The molecule has 1 heterocycles. The third-order valence-corrected chi connectivity index (χ3v) is 3.95. The van der Waals surface area contributed by atoms with Crippen LogP contribution in [0.2, 0.25) is 0 Å². The largest absolute Gasteiger partial charge is 0.366 e. The van der Waals surface area contributed by atoms with Crippen LogP contribution in [-0.4, -0.2) is 8.42 Å². The van der Waals surface area contributed by atoms with E-state index in [9.17, 15) is 8.42 Å². The number of hydrogen-bond acceptors (Lipinski definition) is 3. The van der Waals surface area contributed by atoms with Crippen molar-refractivity contribution < 1.29 is 13.2 Å². The minimum absolute atomic E-state index is 0.126. The van der Waals surface area contributed by atoms with E-state index in [0.29, 0.717) is 6.61 Å². The molecule has 0 fully saturated rings. The Labute approximate surface area is 93.4 Å². The smallest absolute Gasteiger partial charge is 0.261 e. The van der Waals surface area contributed by atoms with Crippen LogP contribution in [0, 0.1) is 0 Å².